The number of aliphatic hydroxyl groups excluding tert-OH is 1. The summed E-state index contributed by atoms with van der Waals surface area (Å²) in [4.78, 5) is 0. The van der Waals surface area contributed by atoms with E-state index in [2.05, 4.69) is 6.92 Å². The van der Waals surface area contributed by atoms with Crippen molar-refractivity contribution in [1.82, 2.24) is 0 Å². The van der Waals surface area contributed by atoms with Crippen molar-refractivity contribution in [2.75, 3.05) is 0 Å². The maximum absolute atomic E-state index is 9.69. The minimum absolute atomic E-state index is 0.284. The average molecular weight is 183 g/mol. The van der Waals surface area contributed by atoms with Gasteiger partial charge >= 0.3 is 0 Å². The zero-order valence-electron chi connectivity index (χ0n) is 8.20. The van der Waals surface area contributed by atoms with Gasteiger partial charge in [-0.3, -0.25) is 0 Å². The van der Waals surface area contributed by atoms with E-state index in [4.69, 9.17) is 5.26 Å². The molecule has 4 atom stereocenters. The van der Waals surface area contributed by atoms with E-state index in [9.17, 15) is 10.2 Å². The van der Waals surface area contributed by atoms with Crippen LogP contribution in [0.15, 0.2) is 0 Å². The number of nitrogens with zero attached hydrogens (tertiary/aromatic N) is 1. The second kappa shape index (κ2) is 3.65. The summed E-state index contributed by atoms with van der Waals surface area (Å²) in [6.45, 7) is 3.57. The van der Waals surface area contributed by atoms with Crippen LogP contribution in [0, 0.1) is 23.2 Å². The molecule has 0 saturated heterocycles. The van der Waals surface area contributed by atoms with Gasteiger partial charge in [0.1, 0.15) is 0 Å². The highest BCUT2D eigenvalue weighted by Gasteiger charge is 2.40. The summed E-state index contributed by atoms with van der Waals surface area (Å²) < 4.78 is 0. The van der Waals surface area contributed by atoms with E-state index in [-0.39, 0.29) is 5.92 Å². The molecule has 1 rings (SSSR count). The number of hydrogen-bond donors (Lipinski definition) is 2. The third-order valence-electron chi connectivity index (χ3n) is 3.03. The molecule has 1 saturated carbocycles. The number of hydrogen-bond acceptors (Lipinski definition) is 3. The first-order valence-electron chi connectivity index (χ1n) is 4.79. The highest BCUT2D eigenvalue weighted by Crippen LogP contribution is 2.35. The Bertz CT molecular complexity index is 219. The molecular weight excluding hydrogens is 166 g/mol. The highest BCUT2D eigenvalue weighted by molar-refractivity contribution is 5.04. The van der Waals surface area contributed by atoms with Gasteiger partial charge in [-0.05, 0) is 25.7 Å². The van der Waals surface area contributed by atoms with Crippen LogP contribution in [-0.4, -0.2) is 21.9 Å². The van der Waals surface area contributed by atoms with Gasteiger partial charge in [-0.2, -0.15) is 5.26 Å². The molecule has 3 nitrogen and oxygen atoms in total. The number of nitriles is 1. The Balaban J connectivity index is 2.67. The SMILES string of the molecule is C[C@@H]1CC[C@@H](C(C)(O)C#N)[C@H](O)C1. The predicted molar refractivity (Wildman–Crippen MR) is 48.7 cm³/mol. The maximum Gasteiger partial charge on any atom is 0.153 e. The predicted octanol–water partition coefficient (Wildman–Crippen LogP) is 1.06. The Morgan fingerprint density at radius 2 is 2.08 bits per heavy atom. The Hall–Kier alpha value is -0.590. The Morgan fingerprint density at radius 1 is 1.46 bits per heavy atom. The van der Waals surface area contributed by atoms with Gasteiger partial charge in [0.25, 0.3) is 0 Å². The van der Waals surface area contributed by atoms with Gasteiger partial charge in [-0.15, -0.1) is 0 Å². The summed E-state index contributed by atoms with van der Waals surface area (Å²) in [7, 11) is 0. The molecule has 1 aliphatic carbocycles. The third kappa shape index (κ3) is 2.20. The summed E-state index contributed by atoms with van der Waals surface area (Å²) in [5, 5.41) is 28.1. The lowest BCUT2D eigenvalue weighted by Crippen LogP contribution is -2.43. The van der Waals surface area contributed by atoms with Crippen molar-refractivity contribution in [2.45, 2.75) is 44.8 Å². The van der Waals surface area contributed by atoms with E-state index in [1.54, 1.807) is 0 Å². The largest absolute Gasteiger partial charge is 0.393 e. The Labute approximate surface area is 79.0 Å². The molecule has 0 heterocycles. The first-order valence-corrected chi connectivity index (χ1v) is 4.79. The van der Waals surface area contributed by atoms with Crippen molar-refractivity contribution in [2.24, 2.45) is 11.8 Å². The fourth-order valence-electron chi connectivity index (χ4n) is 2.09. The second-order valence-electron chi connectivity index (χ2n) is 4.35. The molecule has 0 spiro atoms. The van der Waals surface area contributed by atoms with Gasteiger partial charge in [-0.1, -0.05) is 13.3 Å². The summed E-state index contributed by atoms with van der Waals surface area (Å²) in [5.41, 5.74) is -1.38. The normalized spacial score (nSPS) is 39.2. The van der Waals surface area contributed by atoms with Crippen molar-refractivity contribution in [3.05, 3.63) is 0 Å². The van der Waals surface area contributed by atoms with Crippen LogP contribution in [0.2, 0.25) is 0 Å². The summed E-state index contributed by atoms with van der Waals surface area (Å²) in [5.74, 6) is 0.217. The maximum atomic E-state index is 9.69. The summed E-state index contributed by atoms with van der Waals surface area (Å²) in [6, 6.07) is 1.85. The minimum atomic E-state index is -1.38. The van der Waals surface area contributed by atoms with Gasteiger partial charge in [0, 0.05) is 5.92 Å². The first kappa shape index (κ1) is 10.5. The molecule has 0 aromatic carbocycles. The van der Waals surface area contributed by atoms with E-state index in [0.29, 0.717) is 12.3 Å². The van der Waals surface area contributed by atoms with Gasteiger partial charge in [-0.25, -0.2) is 0 Å². The van der Waals surface area contributed by atoms with E-state index in [0.717, 1.165) is 12.8 Å². The minimum Gasteiger partial charge on any atom is -0.393 e. The first-order chi connectivity index (χ1) is 5.97. The van der Waals surface area contributed by atoms with Crippen molar-refractivity contribution in [3.8, 4) is 6.07 Å². The second-order valence-corrected chi connectivity index (χ2v) is 4.35. The lowest BCUT2D eigenvalue weighted by Gasteiger charge is -2.36. The van der Waals surface area contributed by atoms with Gasteiger partial charge in [0.05, 0.1) is 12.2 Å². The number of aliphatic hydroxyl groups is 2. The van der Waals surface area contributed by atoms with Crippen LogP contribution < -0.4 is 0 Å². The van der Waals surface area contributed by atoms with Gasteiger partial charge in [0.2, 0.25) is 0 Å². The lowest BCUT2D eigenvalue weighted by molar-refractivity contribution is -0.0524. The molecule has 0 aromatic rings. The smallest absolute Gasteiger partial charge is 0.153 e. The highest BCUT2D eigenvalue weighted by atomic mass is 16.3. The van der Waals surface area contributed by atoms with Crippen LogP contribution in [0.25, 0.3) is 0 Å². The third-order valence-corrected chi connectivity index (χ3v) is 3.03. The van der Waals surface area contributed by atoms with E-state index < -0.39 is 11.7 Å². The monoisotopic (exact) mass is 183 g/mol. The molecule has 2 N–H and O–H groups in total. The molecule has 1 fully saturated rings. The van der Waals surface area contributed by atoms with Crippen LogP contribution in [0.1, 0.15) is 33.1 Å². The molecule has 0 aliphatic heterocycles. The fourth-order valence-corrected chi connectivity index (χ4v) is 2.09. The molecule has 13 heavy (non-hydrogen) atoms. The molecule has 1 unspecified atom stereocenters. The molecule has 1 aliphatic rings. The molecule has 0 radical (unpaired) electrons. The zero-order valence-corrected chi connectivity index (χ0v) is 8.20. The summed E-state index contributed by atoms with van der Waals surface area (Å²) in [6.07, 6.45) is 1.89. The van der Waals surface area contributed by atoms with Crippen LogP contribution in [0.3, 0.4) is 0 Å². The van der Waals surface area contributed by atoms with E-state index in [1.807, 2.05) is 6.07 Å². The van der Waals surface area contributed by atoms with Crippen LogP contribution in [0.4, 0.5) is 0 Å². The molecule has 0 amide bonds. The molecule has 0 aromatic heterocycles. The quantitative estimate of drug-likeness (QED) is 0.597. The fraction of sp³-hybridized carbons (Fsp3) is 0.900. The molecule has 3 heteroatoms. The Kier molecular flexibility index (Phi) is 2.94. The van der Waals surface area contributed by atoms with Crippen molar-refractivity contribution in [3.63, 3.8) is 0 Å². The number of rotatable bonds is 1. The van der Waals surface area contributed by atoms with Crippen LogP contribution in [-0.2, 0) is 0 Å². The van der Waals surface area contributed by atoms with E-state index in [1.165, 1.54) is 6.92 Å². The molecule has 74 valence electrons. The van der Waals surface area contributed by atoms with Crippen molar-refractivity contribution >= 4 is 0 Å². The molecule has 0 bridgehead atoms. The topological polar surface area (TPSA) is 64.2 Å². The standard InChI is InChI=1S/C10H17NO2/c1-7-3-4-8(9(12)5-7)10(2,13)6-11/h7-9,12-13H,3-5H2,1-2H3/t7-,8-,9-,10?/m1/s1. The van der Waals surface area contributed by atoms with Crippen LogP contribution >= 0.6 is 0 Å². The lowest BCUT2D eigenvalue weighted by atomic mass is 9.73. The van der Waals surface area contributed by atoms with E-state index >= 15 is 0 Å². The average Bonchev–Trinajstić information content (AvgIpc) is 2.03. The van der Waals surface area contributed by atoms with Crippen LogP contribution in [0.5, 0.6) is 0 Å². The van der Waals surface area contributed by atoms with Crippen molar-refractivity contribution in [1.29, 1.82) is 5.26 Å². The molecular formula is C10H17NO2. The van der Waals surface area contributed by atoms with Gasteiger partial charge in [0.15, 0.2) is 5.60 Å². The summed E-state index contributed by atoms with van der Waals surface area (Å²) >= 11 is 0. The Morgan fingerprint density at radius 3 is 2.54 bits per heavy atom. The van der Waals surface area contributed by atoms with Crippen molar-refractivity contribution < 1.29 is 10.2 Å². The van der Waals surface area contributed by atoms with Gasteiger partial charge < -0.3 is 10.2 Å². The zero-order chi connectivity index (χ0) is 10.1.